The predicted molar refractivity (Wildman–Crippen MR) is 243 cm³/mol. The van der Waals surface area contributed by atoms with Gasteiger partial charge in [-0.15, -0.1) is 0 Å². The third-order valence-corrected chi connectivity index (χ3v) is 12.6. The number of anilines is 3. The zero-order valence-corrected chi connectivity index (χ0v) is 31.8. The highest BCUT2D eigenvalue weighted by atomic mass is 15.1. The van der Waals surface area contributed by atoms with Crippen LogP contribution in [0.4, 0.5) is 17.1 Å². The number of hydrogen-bond donors (Lipinski definition) is 0. The second-order valence-corrected chi connectivity index (χ2v) is 15.6. The Balaban J connectivity index is 1.12. The molecule has 2 aliphatic carbocycles. The van der Waals surface area contributed by atoms with Gasteiger partial charge in [0.1, 0.15) is 0 Å². The van der Waals surface area contributed by atoms with Crippen LogP contribution in [0.5, 0.6) is 0 Å². The van der Waals surface area contributed by atoms with Gasteiger partial charge in [-0.2, -0.15) is 0 Å². The first kappa shape index (κ1) is 32.7. The summed E-state index contributed by atoms with van der Waals surface area (Å²) in [6.07, 6.45) is 0. The molecule has 10 aromatic rings. The summed E-state index contributed by atoms with van der Waals surface area (Å²) in [5.41, 5.74) is 18.4. The molecule has 1 nitrogen and oxygen atoms in total. The van der Waals surface area contributed by atoms with E-state index in [1.54, 1.807) is 0 Å². The largest absolute Gasteiger partial charge is 0.310 e. The average molecular weight is 736 g/mol. The van der Waals surface area contributed by atoms with Gasteiger partial charge in [0.2, 0.25) is 0 Å². The average Bonchev–Trinajstić information content (AvgIpc) is 3.76. The summed E-state index contributed by atoms with van der Waals surface area (Å²) in [4.78, 5) is 2.43. The summed E-state index contributed by atoms with van der Waals surface area (Å²) in [7, 11) is 0. The molecule has 0 N–H and O–H groups in total. The fraction of sp³-hybridized carbons (Fsp3) is 0.0175. The number of para-hydroxylation sites is 1. The van der Waals surface area contributed by atoms with E-state index in [1.807, 2.05) is 0 Å². The van der Waals surface area contributed by atoms with Crippen LogP contribution < -0.4 is 4.90 Å². The lowest BCUT2D eigenvalue weighted by atomic mass is 9.69. The van der Waals surface area contributed by atoms with Gasteiger partial charge in [-0.25, -0.2) is 0 Å². The lowest BCUT2D eigenvalue weighted by Gasteiger charge is -2.32. The molecule has 2 aliphatic rings. The van der Waals surface area contributed by atoms with Crippen LogP contribution in [-0.2, 0) is 5.41 Å². The van der Waals surface area contributed by atoms with E-state index in [0.29, 0.717) is 0 Å². The molecule has 1 heteroatoms. The molecular weight excluding hydrogens is 699 g/mol. The maximum Gasteiger partial charge on any atom is 0.0731 e. The fourth-order valence-corrected chi connectivity index (χ4v) is 10.2. The Labute approximate surface area is 338 Å². The van der Waals surface area contributed by atoms with Crippen LogP contribution in [-0.4, -0.2) is 0 Å². The van der Waals surface area contributed by atoms with Gasteiger partial charge in [0, 0.05) is 16.9 Å². The van der Waals surface area contributed by atoms with Gasteiger partial charge in [0.15, 0.2) is 0 Å². The normalized spacial score (nSPS) is 13.0. The van der Waals surface area contributed by atoms with Crippen molar-refractivity contribution in [2.45, 2.75) is 5.41 Å². The zero-order chi connectivity index (χ0) is 38.2. The number of fused-ring (bicyclic) bond motifs is 13. The van der Waals surface area contributed by atoms with Gasteiger partial charge in [0.05, 0.1) is 11.1 Å². The van der Waals surface area contributed by atoms with E-state index in [1.165, 1.54) is 88.3 Å². The van der Waals surface area contributed by atoms with E-state index >= 15 is 0 Å². The summed E-state index contributed by atoms with van der Waals surface area (Å²) in [6, 6.07) is 83.0. The second-order valence-electron chi connectivity index (χ2n) is 15.6. The summed E-state index contributed by atoms with van der Waals surface area (Å²) < 4.78 is 0. The van der Waals surface area contributed by atoms with Crippen LogP contribution in [0.2, 0.25) is 0 Å². The molecule has 0 radical (unpaired) electrons. The highest BCUT2D eigenvalue weighted by Gasteiger charge is 2.52. The lowest BCUT2D eigenvalue weighted by Crippen LogP contribution is -2.26. The Bertz CT molecular complexity index is 3170. The van der Waals surface area contributed by atoms with Crippen molar-refractivity contribution >= 4 is 38.6 Å². The van der Waals surface area contributed by atoms with Gasteiger partial charge in [-0.1, -0.05) is 176 Å². The van der Waals surface area contributed by atoms with E-state index in [4.69, 9.17) is 0 Å². The van der Waals surface area contributed by atoms with Gasteiger partial charge in [0.25, 0.3) is 0 Å². The molecule has 0 bridgehead atoms. The maximum atomic E-state index is 2.52. The van der Waals surface area contributed by atoms with Crippen LogP contribution in [0.3, 0.4) is 0 Å². The summed E-state index contributed by atoms with van der Waals surface area (Å²) in [5.74, 6) is 0. The van der Waals surface area contributed by atoms with Crippen molar-refractivity contribution in [2.75, 3.05) is 4.90 Å². The van der Waals surface area contributed by atoms with Gasteiger partial charge in [-0.05, 0) is 131 Å². The number of nitrogens with zero attached hydrogens (tertiary/aromatic N) is 1. The zero-order valence-electron chi connectivity index (χ0n) is 31.8. The molecule has 0 fully saturated rings. The summed E-state index contributed by atoms with van der Waals surface area (Å²) in [6.45, 7) is 0. The van der Waals surface area contributed by atoms with Crippen LogP contribution >= 0.6 is 0 Å². The molecule has 1 spiro atoms. The number of hydrogen-bond acceptors (Lipinski definition) is 1. The highest BCUT2D eigenvalue weighted by molar-refractivity contribution is 6.07. The third kappa shape index (κ3) is 4.71. The Kier molecular flexibility index (Phi) is 7.21. The minimum atomic E-state index is -0.449. The van der Waals surface area contributed by atoms with Crippen molar-refractivity contribution in [3.05, 3.63) is 247 Å². The Hall–Kier alpha value is -7.48. The molecule has 0 amide bonds. The second kappa shape index (κ2) is 12.8. The van der Waals surface area contributed by atoms with Crippen molar-refractivity contribution in [3.63, 3.8) is 0 Å². The first-order valence-corrected chi connectivity index (χ1v) is 20.2. The first-order chi connectivity index (χ1) is 28.8. The molecule has 0 atom stereocenters. The Morgan fingerprint density at radius 2 is 0.914 bits per heavy atom. The SMILES string of the molecule is c1ccc(-c2ccc(N(c3ccccc3)c3ccc4cc5c(cc4c3)C3(c4ccccc4-c4ccccc43)c3c-5ccc4ccccc34)c(-c3ccccc3)c2)cc1. The van der Waals surface area contributed by atoms with E-state index in [9.17, 15) is 0 Å². The third-order valence-electron chi connectivity index (χ3n) is 12.6. The predicted octanol–water partition coefficient (Wildman–Crippen LogP) is 15.1. The smallest absolute Gasteiger partial charge is 0.0731 e. The van der Waals surface area contributed by atoms with Crippen molar-refractivity contribution in [3.8, 4) is 44.5 Å². The van der Waals surface area contributed by atoms with E-state index < -0.39 is 5.41 Å². The Morgan fingerprint density at radius 3 is 1.66 bits per heavy atom. The minimum absolute atomic E-state index is 0.449. The van der Waals surface area contributed by atoms with Crippen molar-refractivity contribution < 1.29 is 0 Å². The van der Waals surface area contributed by atoms with Crippen LogP contribution in [0, 0.1) is 0 Å². The lowest BCUT2D eigenvalue weighted by molar-refractivity contribution is 0.802. The molecule has 58 heavy (non-hydrogen) atoms. The van der Waals surface area contributed by atoms with Gasteiger partial charge < -0.3 is 4.90 Å². The van der Waals surface area contributed by atoms with Gasteiger partial charge >= 0.3 is 0 Å². The minimum Gasteiger partial charge on any atom is -0.310 e. The Morgan fingerprint density at radius 1 is 0.293 bits per heavy atom. The van der Waals surface area contributed by atoms with E-state index in [2.05, 4.69) is 229 Å². The molecule has 0 aromatic heterocycles. The quantitative estimate of drug-likeness (QED) is 0.170. The number of rotatable bonds is 5. The summed E-state index contributed by atoms with van der Waals surface area (Å²) in [5, 5.41) is 5.04. The van der Waals surface area contributed by atoms with E-state index in [0.717, 1.165) is 17.1 Å². The standard InChI is InChI=1S/C57H37N/c1-4-16-38(17-5-1)41-30-33-55(50(35-41)39-18-6-2-7-19-39)58(44-21-8-3-9-22-44)45-31-28-42-36-51-49-32-29-40-20-10-11-23-46(40)56(49)57(54(51)37-43(42)34-45)52-26-14-12-24-47(52)48-25-13-15-27-53(48)57/h1-37H. The summed E-state index contributed by atoms with van der Waals surface area (Å²) >= 11 is 0. The van der Waals surface area contributed by atoms with Gasteiger partial charge in [-0.3, -0.25) is 0 Å². The fourth-order valence-electron chi connectivity index (χ4n) is 10.2. The van der Waals surface area contributed by atoms with Crippen molar-refractivity contribution in [1.82, 2.24) is 0 Å². The molecular formula is C57H37N. The maximum absolute atomic E-state index is 2.52. The van der Waals surface area contributed by atoms with Crippen LogP contribution in [0.25, 0.3) is 66.1 Å². The van der Waals surface area contributed by atoms with Crippen molar-refractivity contribution in [2.24, 2.45) is 0 Å². The topological polar surface area (TPSA) is 3.24 Å². The molecule has 270 valence electrons. The van der Waals surface area contributed by atoms with E-state index in [-0.39, 0.29) is 0 Å². The molecule has 0 unspecified atom stereocenters. The van der Waals surface area contributed by atoms with Crippen LogP contribution in [0.1, 0.15) is 22.3 Å². The first-order valence-electron chi connectivity index (χ1n) is 20.2. The molecule has 12 rings (SSSR count). The molecule has 0 saturated heterocycles. The van der Waals surface area contributed by atoms with Crippen LogP contribution in [0.15, 0.2) is 224 Å². The molecule has 10 aromatic carbocycles. The number of benzene rings is 10. The highest BCUT2D eigenvalue weighted by Crippen LogP contribution is 2.64. The molecule has 0 saturated carbocycles. The monoisotopic (exact) mass is 735 g/mol. The van der Waals surface area contributed by atoms with Crippen molar-refractivity contribution in [1.29, 1.82) is 0 Å². The molecule has 0 heterocycles. The molecule has 0 aliphatic heterocycles.